The molecule has 4 heteroatoms. The van der Waals surface area contributed by atoms with Crippen LogP contribution in [0.3, 0.4) is 0 Å². The highest BCUT2D eigenvalue weighted by molar-refractivity contribution is 7.26. The molecule has 3 nitrogen and oxygen atoms in total. The van der Waals surface area contributed by atoms with Gasteiger partial charge in [-0.05, 0) is 48.5 Å². The third-order valence-electron chi connectivity index (χ3n) is 6.78. The third kappa shape index (κ3) is 2.25. The van der Waals surface area contributed by atoms with Gasteiger partial charge >= 0.3 is 0 Å². The number of aromatic nitrogens is 3. The number of nitrogens with one attached hydrogen (secondary N) is 1. The maximum Gasteiger partial charge on any atom is 0.0977 e. The van der Waals surface area contributed by atoms with Crippen LogP contribution in [0, 0.1) is 0 Å². The van der Waals surface area contributed by atoms with E-state index in [0.717, 1.165) is 22.2 Å². The molecule has 0 saturated heterocycles. The number of benzene rings is 4. The van der Waals surface area contributed by atoms with E-state index in [2.05, 4.69) is 94.5 Å². The normalized spacial score (nSPS) is 12.2. The Morgan fingerprint density at radius 3 is 2.48 bits per heavy atom. The van der Waals surface area contributed by atoms with Gasteiger partial charge in [-0.1, -0.05) is 42.5 Å². The van der Waals surface area contributed by atoms with Crippen LogP contribution in [0.5, 0.6) is 0 Å². The molecular weight excluding hydrogens is 422 g/mol. The minimum absolute atomic E-state index is 1.06. The van der Waals surface area contributed by atoms with Gasteiger partial charge in [-0.2, -0.15) is 0 Å². The molecular formula is C29H17N3S. The van der Waals surface area contributed by atoms with E-state index >= 15 is 0 Å². The lowest BCUT2D eigenvalue weighted by Gasteiger charge is -2.08. The minimum Gasteiger partial charge on any atom is -0.355 e. The van der Waals surface area contributed by atoms with Crippen molar-refractivity contribution >= 4 is 75.3 Å². The second kappa shape index (κ2) is 6.21. The van der Waals surface area contributed by atoms with Crippen molar-refractivity contribution in [3.05, 3.63) is 97.2 Å². The first-order valence-electron chi connectivity index (χ1n) is 11.1. The molecule has 0 aliphatic rings. The van der Waals surface area contributed by atoms with Gasteiger partial charge in [0.15, 0.2) is 0 Å². The highest BCUT2D eigenvalue weighted by Gasteiger charge is 2.18. The molecule has 0 fully saturated rings. The van der Waals surface area contributed by atoms with Crippen LogP contribution in [0.1, 0.15) is 0 Å². The van der Waals surface area contributed by atoms with Gasteiger partial charge in [0, 0.05) is 59.2 Å². The van der Waals surface area contributed by atoms with E-state index in [9.17, 15) is 0 Å². The average Bonchev–Trinajstić information content (AvgIpc) is 3.52. The van der Waals surface area contributed by atoms with Crippen molar-refractivity contribution in [1.82, 2.24) is 14.5 Å². The van der Waals surface area contributed by atoms with Crippen LogP contribution >= 0.6 is 11.3 Å². The lowest BCUT2D eigenvalue weighted by molar-refractivity contribution is 1.18. The molecule has 0 aliphatic carbocycles. The van der Waals surface area contributed by atoms with Crippen LogP contribution in [0.2, 0.25) is 0 Å². The van der Waals surface area contributed by atoms with Crippen molar-refractivity contribution in [2.75, 3.05) is 0 Å². The van der Waals surface area contributed by atoms with Gasteiger partial charge in [0.25, 0.3) is 0 Å². The van der Waals surface area contributed by atoms with Crippen LogP contribution in [-0.2, 0) is 0 Å². The van der Waals surface area contributed by atoms with Crippen LogP contribution in [-0.4, -0.2) is 14.5 Å². The lowest BCUT2D eigenvalue weighted by atomic mass is 10.1. The van der Waals surface area contributed by atoms with Crippen LogP contribution in [0.15, 0.2) is 97.2 Å². The summed E-state index contributed by atoms with van der Waals surface area (Å²) in [4.78, 5) is 8.40. The molecule has 0 unspecified atom stereocenters. The minimum atomic E-state index is 1.06. The summed E-state index contributed by atoms with van der Waals surface area (Å²) in [5.41, 5.74) is 6.87. The number of para-hydroxylation sites is 1. The number of nitrogens with zero attached hydrogens (tertiary/aromatic N) is 2. The van der Waals surface area contributed by atoms with E-state index in [-0.39, 0.29) is 0 Å². The van der Waals surface area contributed by atoms with E-state index in [4.69, 9.17) is 4.98 Å². The van der Waals surface area contributed by atoms with Gasteiger partial charge in [0.1, 0.15) is 0 Å². The molecule has 0 atom stereocenters. The lowest BCUT2D eigenvalue weighted by Crippen LogP contribution is -1.93. The van der Waals surface area contributed by atoms with Gasteiger partial charge in [0.05, 0.1) is 16.6 Å². The van der Waals surface area contributed by atoms with Gasteiger partial charge in [-0.3, -0.25) is 4.98 Å². The van der Waals surface area contributed by atoms with Crippen molar-refractivity contribution in [1.29, 1.82) is 0 Å². The average molecular weight is 440 g/mol. The Morgan fingerprint density at radius 2 is 1.52 bits per heavy atom. The number of rotatable bonds is 1. The Balaban J connectivity index is 1.53. The molecule has 154 valence electrons. The number of thiophene rings is 1. The molecule has 4 aromatic heterocycles. The summed E-state index contributed by atoms with van der Waals surface area (Å²) in [5, 5.41) is 6.35. The number of pyridine rings is 1. The van der Waals surface area contributed by atoms with Gasteiger partial charge in [0.2, 0.25) is 0 Å². The Bertz CT molecular complexity index is 2040. The molecule has 0 amide bonds. The quantitative estimate of drug-likeness (QED) is 0.275. The molecule has 0 saturated carbocycles. The highest BCUT2D eigenvalue weighted by atomic mass is 32.1. The van der Waals surface area contributed by atoms with Gasteiger partial charge < -0.3 is 9.55 Å². The summed E-state index contributed by atoms with van der Waals surface area (Å²) < 4.78 is 4.99. The summed E-state index contributed by atoms with van der Waals surface area (Å²) in [7, 11) is 0. The fourth-order valence-corrected chi connectivity index (χ4v) is 6.59. The summed E-state index contributed by atoms with van der Waals surface area (Å²) in [6.07, 6.45) is 1.90. The number of H-pyrrole nitrogens is 1. The highest BCUT2D eigenvalue weighted by Crippen LogP contribution is 2.42. The first-order chi connectivity index (χ1) is 16.4. The van der Waals surface area contributed by atoms with Crippen molar-refractivity contribution in [2.45, 2.75) is 0 Å². The molecule has 0 radical (unpaired) electrons. The maximum atomic E-state index is 4.86. The number of hydrogen-bond donors (Lipinski definition) is 1. The summed E-state index contributed by atoms with van der Waals surface area (Å²) >= 11 is 1.86. The SMILES string of the molecule is c1ccc2c(c1)[nH]c1ccc(-n3c4cccnc4c4c5sc6ccccc6c5ccc43)cc12. The van der Waals surface area contributed by atoms with Gasteiger partial charge in [-0.15, -0.1) is 11.3 Å². The van der Waals surface area contributed by atoms with Gasteiger partial charge in [-0.25, -0.2) is 0 Å². The predicted octanol–water partition coefficient (Wildman–Crippen LogP) is 8.18. The molecule has 4 aromatic carbocycles. The molecule has 4 heterocycles. The van der Waals surface area contributed by atoms with E-state index in [1.54, 1.807) is 0 Å². The second-order valence-corrected chi connectivity index (χ2v) is 9.59. The zero-order valence-corrected chi connectivity index (χ0v) is 18.4. The first kappa shape index (κ1) is 17.4. The predicted molar refractivity (Wildman–Crippen MR) is 141 cm³/mol. The van der Waals surface area contributed by atoms with Crippen molar-refractivity contribution in [2.24, 2.45) is 0 Å². The van der Waals surface area contributed by atoms with E-state index in [0.29, 0.717) is 0 Å². The molecule has 33 heavy (non-hydrogen) atoms. The Hall–Kier alpha value is -4.15. The summed E-state index contributed by atoms with van der Waals surface area (Å²) in [6.45, 7) is 0. The third-order valence-corrected chi connectivity index (χ3v) is 7.98. The first-order valence-corrected chi connectivity index (χ1v) is 11.9. The van der Waals surface area contributed by atoms with Crippen LogP contribution < -0.4 is 0 Å². The smallest absolute Gasteiger partial charge is 0.0977 e. The topological polar surface area (TPSA) is 33.6 Å². The van der Waals surface area contributed by atoms with Crippen LogP contribution in [0.4, 0.5) is 0 Å². The van der Waals surface area contributed by atoms with E-state index in [1.165, 1.54) is 47.4 Å². The van der Waals surface area contributed by atoms with Crippen molar-refractivity contribution in [3.8, 4) is 5.69 Å². The molecule has 0 bridgehead atoms. The zero-order valence-electron chi connectivity index (χ0n) is 17.5. The molecule has 0 aliphatic heterocycles. The maximum absolute atomic E-state index is 4.86. The van der Waals surface area contributed by atoms with E-state index < -0.39 is 0 Å². The molecule has 8 aromatic rings. The Kier molecular flexibility index (Phi) is 3.28. The number of aromatic amines is 1. The molecule has 0 spiro atoms. The molecule has 1 N–H and O–H groups in total. The van der Waals surface area contributed by atoms with Crippen LogP contribution in [0.25, 0.3) is 69.6 Å². The second-order valence-electron chi connectivity index (χ2n) is 8.54. The van der Waals surface area contributed by atoms with E-state index in [1.807, 2.05) is 23.6 Å². The summed E-state index contributed by atoms with van der Waals surface area (Å²) in [5.74, 6) is 0. The number of hydrogen-bond acceptors (Lipinski definition) is 2. The monoisotopic (exact) mass is 439 g/mol. The Labute approximate surface area is 192 Å². The number of fused-ring (bicyclic) bond motifs is 10. The fraction of sp³-hybridized carbons (Fsp3) is 0. The largest absolute Gasteiger partial charge is 0.355 e. The Morgan fingerprint density at radius 1 is 0.667 bits per heavy atom. The standard InChI is InChI=1S/C29H17N3S/c1-3-8-22-18(6-1)21-16-17(11-13-23(21)31-22)32-24-14-12-20-19-7-2-4-10-26(19)33-29(20)27(24)28-25(32)9-5-15-30-28/h1-16,31H. The fourth-order valence-electron chi connectivity index (χ4n) is 5.35. The van der Waals surface area contributed by atoms with Crippen molar-refractivity contribution < 1.29 is 0 Å². The molecule has 8 rings (SSSR count). The zero-order chi connectivity index (χ0) is 21.5. The summed E-state index contributed by atoms with van der Waals surface area (Å²) in [6, 6.07) is 32.6. The van der Waals surface area contributed by atoms with Crippen molar-refractivity contribution in [3.63, 3.8) is 0 Å².